The van der Waals surface area contributed by atoms with Crippen LogP contribution in [0.25, 0.3) is 22.2 Å². The van der Waals surface area contributed by atoms with Gasteiger partial charge in [0.2, 0.25) is 0 Å². The van der Waals surface area contributed by atoms with Gasteiger partial charge in [0.1, 0.15) is 0 Å². The number of carbonyl (C=O) groups excluding carboxylic acids is 2. The second kappa shape index (κ2) is 10.7. The number of pyridine rings is 2. The van der Waals surface area contributed by atoms with Crippen molar-refractivity contribution in [1.29, 1.82) is 0 Å². The van der Waals surface area contributed by atoms with E-state index in [0.29, 0.717) is 46.7 Å². The van der Waals surface area contributed by atoms with Crippen LogP contribution in [0.1, 0.15) is 47.4 Å². The molecule has 3 aliphatic rings. The number of benzene rings is 1. The van der Waals surface area contributed by atoms with Crippen LogP contribution in [-0.4, -0.2) is 50.9 Å². The third-order valence-corrected chi connectivity index (χ3v) is 8.58. The van der Waals surface area contributed by atoms with E-state index in [9.17, 15) is 27.2 Å². The molecule has 4 aromatic rings. The number of nitrogens with zero attached hydrogens (tertiary/aromatic N) is 5. The number of hydrogen-bond donors (Lipinski definition) is 1. The Labute approximate surface area is 258 Å². The fraction of sp³-hybridized carbons (Fsp3) is 0.367. The summed E-state index contributed by atoms with van der Waals surface area (Å²) < 4.78 is 66.9. The molecular formula is C30H25ClF4N6O4. The van der Waals surface area contributed by atoms with E-state index in [1.807, 2.05) is 0 Å². The summed E-state index contributed by atoms with van der Waals surface area (Å²) in [5, 5.41) is 5.18. The van der Waals surface area contributed by atoms with E-state index in [1.54, 1.807) is 6.07 Å². The first kappa shape index (κ1) is 29.4. The number of amides is 2. The van der Waals surface area contributed by atoms with Gasteiger partial charge in [-0.25, -0.2) is 9.67 Å². The SMILES string of the molecule is NC(=O)c1c(CC2CC2)nc2c(cnn2C2(COC(F)F)CC2)c1-c1ccc2c(c1)OC(F)(F)C(=O)N2Cc1ccc(Cl)cn1. The van der Waals surface area contributed by atoms with E-state index in [-0.39, 0.29) is 47.2 Å². The zero-order valence-electron chi connectivity index (χ0n) is 23.5. The Kier molecular flexibility index (Phi) is 6.96. The summed E-state index contributed by atoms with van der Waals surface area (Å²) >= 11 is 5.90. The molecule has 0 bridgehead atoms. The molecule has 7 rings (SSSR count). The molecule has 0 radical (unpaired) electrons. The van der Waals surface area contributed by atoms with Crippen molar-refractivity contribution in [2.24, 2.45) is 11.7 Å². The van der Waals surface area contributed by atoms with Gasteiger partial charge in [0.05, 0.1) is 52.5 Å². The Morgan fingerprint density at radius 2 is 1.96 bits per heavy atom. The Morgan fingerprint density at radius 1 is 1.18 bits per heavy atom. The van der Waals surface area contributed by atoms with Crippen molar-refractivity contribution in [3.05, 3.63) is 64.7 Å². The van der Waals surface area contributed by atoms with Crippen LogP contribution in [0.3, 0.4) is 0 Å². The quantitative estimate of drug-likeness (QED) is 0.228. The Hall–Kier alpha value is -4.30. The van der Waals surface area contributed by atoms with Crippen LogP contribution in [0, 0.1) is 5.92 Å². The fourth-order valence-corrected chi connectivity index (χ4v) is 5.88. The number of aromatic nitrogens is 4. The molecule has 2 N–H and O–H groups in total. The highest BCUT2D eigenvalue weighted by molar-refractivity contribution is 6.30. The number of halogens is 5. The minimum absolute atomic E-state index is 0.0623. The van der Waals surface area contributed by atoms with E-state index in [0.717, 1.165) is 17.7 Å². The molecule has 2 amide bonds. The maximum atomic E-state index is 15.0. The molecule has 2 aliphatic carbocycles. The lowest BCUT2D eigenvalue weighted by Gasteiger charge is -2.33. The average Bonchev–Trinajstić information content (AvgIpc) is 3.92. The molecule has 15 heteroatoms. The van der Waals surface area contributed by atoms with Gasteiger partial charge in [0.25, 0.3) is 5.91 Å². The van der Waals surface area contributed by atoms with Crippen molar-refractivity contribution in [2.45, 2.75) is 56.9 Å². The summed E-state index contributed by atoms with van der Waals surface area (Å²) in [6.45, 7) is -3.54. The molecule has 234 valence electrons. The van der Waals surface area contributed by atoms with E-state index in [4.69, 9.17) is 27.1 Å². The molecule has 2 saturated carbocycles. The van der Waals surface area contributed by atoms with E-state index in [1.165, 1.54) is 41.3 Å². The molecule has 3 aromatic heterocycles. The first-order valence-electron chi connectivity index (χ1n) is 14.2. The molecule has 1 aliphatic heterocycles. The van der Waals surface area contributed by atoms with Crippen LogP contribution in [0.15, 0.2) is 42.7 Å². The molecule has 2 fully saturated rings. The van der Waals surface area contributed by atoms with Crippen molar-refractivity contribution in [1.82, 2.24) is 19.7 Å². The average molecular weight is 645 g/mol. The lowest BCUT2D eigenvalue weighted by atomic mass is 9.93. The van der Waals surface area contributed by atoms with Crippen molar-refractivity contribution in [3.8, 4) is 16.9 Å². The zero-order valence-corrected chi connectivity index (χ0v) is 24.2. The first-order valence-corrected chi connectivity index (χ1v) is 14.6. The van der Waals surface area contributed by atoms with Crippen LogP contribution in [0.5, 0.6) is 5.75 Å². The molecule has 1 aromatic carbocycles. The Balaban J connectivity index is 1.38. The number of rotatable bonds is 10. The van der Waals surface area contributed by atoms with Crippen molar-refractivity contribution < 1.29 is 36.6 Å². The van der Waals surface area contributed by atoms with Gasteiger partial charge in [0, 0.05) is 17.1 Å². The number of ether oxygens (including phenoxy) is 2. The largest absolute Gasteiger partial charge is 0.482 e. The molecular weight excluding hydrogens is 620 g/mol. The standard InChI is InChI=1S/C30H25ClF4N6O4/c31-17-4-5-18(37-11-17)13-40-21-6-3-16(10-22(21)45-30(34,35)27(40)43)23-19-12-38-41(29(7-8-29)14-44-28(32)33)26(19)39-20(9-15-1-2-15)24(23)25(36)42/h3-6,10-12,15,28H,1-2,7-9,13-14H2,(H2,36,42). The molecule has 0 saturated heterocycles. The number of fused-ring (bicyclic) bond motifs is 2. The number of hydrogen-bond acceptors (Lipinski definition) is 7. The van der Waals surface area contributed by atoms with Crippen LogP contribution < -0.4 is 15.4 Å². The number of anilines is 1. The molecule has 0 atom stereocenters. The highest BCUT2D eigenvalue weighted by Crippen LogP contribution is 2.48. The monoisotopic (exact) mass is 644 g/mol. The summed E-state index contributed by atoms with van der Waals surface area (Å²) in [6.07, 6.45) is 1.96. The highest BCUT2D eigenvalue weighted by Gasteiger charge is 2.51. The number of alkyl halides is 4. The van der Waals surface area contributed by atoms with Gasteiger partial charge in [-0.3, -0.25) is 19.5 Å². The summed E-state index contributed by atoms with van der Waals surface area (Å²) in [5.74, 6) is -2.38. The van der Waals surface area contributed by atoms with Crippen LogP contribution in [0.2, 0.25) is 5.02 Å². The van der Waals surface area contributed by atoms with Gasteiger partial charge >= 0.3 is 18.6 Å². The van der Waals surface area contributed by atoms with Gasteiger partial charge in [0.15, 0.2) is 11.4 Å². The molecule has 0 unspecified atom stereocenters. The maximum Gasteiger partial charge on any atom is 0.482 e. The van der Waals surface area contributed by atoms with Crippen molar-refractivity contribution in [2.75, 3.05) is 11.5 Å². The second-order valence-corrected chi connectivity index (χ2v) is 12.0. The lowest BCUT2D eigenvalue weighted by molar-refractivity contribution is -0.193. The van der Waals surface area contributed by atoms with Crippen molar-refractivity contribution in [3.63, 3.8) is 0 Å². The summed E-state index contributed by atoms with van der Waals surface area (Å²) in [5.41, 5.74) is 6.85. The van der Waals surface area contributed by atoms with E-state index in [2.05, 4.69) is 14.8 Å². The van der Waals surface area contributed by atoms with Gasteiger partial charge < -0.3 is 15.2 Å². The second-order valence-electron chi connectivity index (χ2n) is 11.6. The van der Waals surface area contributed by atoms with E-state index < -0.39 is 30.1 Å². The van der Waals surface area contributed by atoms with Gasteiger partial charge in [-0.1, -0.05) is 17.7 Å². The number of carbonyl (C=O) groups is 2. The summed E-state index contributed by atoms with van der Waals surface area (Å²) in [4.78, 5) is 35.5. The maximum absolute atomic E-state index is 15.0. The summed E-state index contributed by atoms with van der Waals surface area (Å²) in [6, 6.07) is 7.36. The van der Waals surface area contributed by atoms with Gasteiger partial charge in [-0.05, 0) is 67.9 Å². The van der Waals surface area contributed by atoms with Crippen LogP contribution in [-0.2, 0) is 28.0 Å². The third kappa shape index (κ3) is 5.35. The van der Waals surface area contributed by atoms with Gasteiger partial charge in [-0.2, -0.15) is 22.7 Å². The first-order chi connectivity index (χ1) is 21.5. The molecule has 45 heavy (non-hydrogen) atoms. The Morgan fingerprint density at radius 3 is 2.60 bits per heavy atom. The Bertz CT molecular complexity index is 1840. The van der Waals surface area contributed by atoms with Crippen LogP contribution >= 0.6 is 11.6 Å². The predicted octanol–water partition coefficient (Wildman–Crippen LogP) is 5.44. The minimum Gasteiger partial charge on any atom is -0.423 e. The highest BCUT2D eigenvalue weighted by atomic mass is 35.5. The number of primary amides is 1. The predicted molar refractivity (Wildman–Crippen MR) is 153 cm³/mol. The smallest absolute Gasteiger partial charge is 0.423 e. The zero-order chi connectivity index (χ0) is 31.7. The third-order valence-electron chi connectivity index (χ3n) is 8.35. The lowest BCUT2D eigenvalue weighted by Crippen LogP contribution is -2.50. The van der Waals surface area contributed by atoms with E-state index >= 15 is 0 Å². The fourth-order valence-electron chi connectivity index (χ4n) is 5.77. The molecule has 0 spiro atoms. The van der Waals surface area contributed by atoms with Crippen LogP contribution in [0.4, 0.5) is 23.2 Å². The van der Waals surface area contributed by atoms with Gasteiger partial charge in [-0.15, -0.1) is 0 Å². The molecule has 4 heterocycles. The van der Waals surface area contributed by atoms with Crippen molar-refractivity contribution >= 4 is 40.1 Å². The normalized spacial score (nSPS) is 18.3. The number of nitrogens with two attached hydrogens (primary N) is 1. The summed E-state index contributed by atoms with van der Waals surface area (Å²) in [7, 11) is 0. The molecule has 10 nitrogen and oxygen atoms in total. The topological polar surface area (TPSA) is 125 Å². The minimum atomic E-state index is -4.19.